The molecule has 82 valence electrons. The normalized spacial score (nSPS) is 11.2. The van der Waals surface area contributed by atoms with Crippen LogP contribution in [-0.4, -0.2) is 18.2 Å². The monoisotopic (exact) mass is 228 g/mol. The number of carboxylic acids is 1. The van der Waals surface area contributed by atoms with E-state index < -0.39 is 11.4 Å². The van der Waals surface area contributed by atoms with Crippen molar-refractivity contribution in [1.82, 2.24) is 0 Å². The number of methoxy groups -OCH3 is 1. The Morgan fingerprint density at radius 3 is 2.47 bits per heavy atom. The van der Waals surface area contributed by atoms with Crippen LogP contribution in [0.15, 0.2) is 18.2 Å². The second-order valence-electron chi connectivity index (χ2n) is 3.81. The lowest BCUT2D eigenvalue weighted by molar-refractivity contribution is -0.142. The summed E-state index contributed by atoms with van der Waals surface area (Å²) in [5.41, 5.74) is -0.350. The number of carboxylic acid groups (broad SMARTS) is 1. The zero-order valence-corrected chi connectivity index (χ0v) is 9.63. The number of aliphatic carboxylic acids is 1. The van der Waals surface area contributed by atoms with Crippen molar-refractivity contribution in [2.24, 2.45) is 0 Å². The third kappa shape index (κ3) is 2.42. The summed E-state index contributed by atoms with van der Waals surface area (Å²) in [6.45, 7) is 3.25. The van der Waals surface area contributed by atoms with Crippen molar-refractivity contribution in [3.05, 3.63) is 28.8 Å². The maximum atomic E-state index is 11.0. The van der Waals surface area contributed by atoms with Crippen molar-refractivity contribution in [2.45, 2.75) is 19.3 Å². The van der Waals surface area contributed by atoms with E-state index in [4.69, 9.17) is 21.4 Å². The predicted octanol–water partition coefficient (Wildman–Crippen LogP) is 2.71. The summed E-state index contributed by atoms with van der Waals surface area (Å²) in [4.78, 5) is 11.0. The molecule has 0 heterocycles. The van der Waals surface area contributed by atoms with Crippen molar-refractivity contribution in [3.8, 4) is 5.75 Å². The van der Waals surface area contributed by atoms with Crippen LogP contribution in [-0.2, 0) is 10.2 Å². The van der Waals surface area contributed by atoms with Crippen LogP contribution in [0.1, 0.15) is 19.4 Å². The number of rotatable bonds is 3. The lowest BCUT2D eigenvalue weighted by Gasteiger charge is -2.20. The first-order valence-corrected chi connectivity index (χ1v) is 4.84. The third-order valence-electron chi connectivity index (χ3n) is 2.36. The Balaban J connectivity index is 3.25. The topological polar surface area (TPSA) is 46.5 Å². The molecule has 0 spiro atoms. The maximum Gasteiger partial charge on any atom is 0.313 e. The molecule has 3 nitrogen and oxygen atoms in total. The van der Waals surface area contributed by atoms with E-state index in [2.05, 4.69) is 0 Å². The van der Waals surface area contributed by atoms with Gasteiger partial charge in [-0.1, -0.05) is 11.6 Å². The molecule has 4 heteroatoms. The van der Waals surface area contributed by atoms with Gasteiger partial charge < -0.3 is 9.84 Å². The van der Waals surface area contributed by atoms with Gasteiger partial charge in [-0.3, -0.25) is 4.79 Å². The summed E-state index contributed by atoms with van der Waals surface area (Å²) in [6.07, 6.45) is 0. The first-order chi connectivity index (χ1) is 6.87. The predicted molar refractivity (Wildman–Crippen MR) is 58.7 cm³/mol. The van der Waals surface area contributed by atoms with Crippen LogP contribution >= 0.6 is 11.6 Å². The van der Waals surface area contributed by atoms with Crippen LogP contribution in [0.5, 0.6) is 5.75 Å². The van der Waals surface area contributed by atoms with Crippen LogP contribution in [0.4, 0.5) is 0 Å². The van der Waals surface area contributed by atoms with Gasteiger partial charge in [-0.05, 0) is 37.6 Å². The quantitative estimate of drug-likeness (QED) is 0.865. The molecular weight excluding hydrogens is 216 g/mol. The molecule has 0 saturated heterocycles. The van der Waals surface area contributed by atoms with Gasteiger partial charge in [0.05, 0.1) is 12.5 Å². The number of benzene rings is 1. The van der Waals surface area contributed by atoms with Gasteiger partial charge in [-0.15, -0.1) is 0 Å². The average Bonchev–Trinajstić information content (AvgIpc) is 2.16. The van der Waals surface area contributed by atoms with Gasteiger partial charge in [0.1, 0.15) is 5.75 Å². The van der Waals surface area contributed by atoms with E-state index in [0.29, 0.717) is 16.3 Å². The highest BCUT2D eigenvalue weighted by atomic mass is 35.5. The van der Waals surface area contributed by atoms with Crippen molar-refractivity contribution in [2.75, 3.05) is 7.11 Å². The first-order valence-electron chi connectivity index (χ1n) is 4.46. The smallest absolute Gasteiger partial charge is 0.313 e. The van der Waals surface area contributed by atoms with Crippen molar-refractivity contribution >= 4 is 17.6 Å². The lowest BCUT2D eigenvalue weighted by atomic mass is 9.85. The Morgan fingerprint density at radius 2 is 2.00 bits per heavy atom. The van der Waals surface area contributed by atoms with Gasteiger partial charge in [0, 0.05) is 5.02 Å². The second-order valence-corrected chi connectivity index (χ2v) is 4.25. The van der Waals surface area contributed by atoms with E-state index in [0.717, 1.165) is 0 Å². The molecule has 1 aromatic rings. The van der Waals surface area contributed by atoms with Crippen LogP contribution in [0.3, 0.4) is 0 Å². The average molecular weight is 229 g/mol. The standard InChI is InChI=1S/C11H13ClO3/c1-11(2,10(13)14)7-4-8(12)6-9(5-7)15-3/h4-6H,1-3H3,(H,13,14). The molecule has 0 atom stereocenters. The fraction of sp³-hybridized carbons (Fsp3) is 0.364. The minimum atomic E-state index is -0.974. The van der Waals surface area contributed by atoms with E-state index >= 15 is 0 Å². The van der Waals surface area contributed by atoms with Gasteiger partial charge in [0.15, 0.2) is 0 Å². The van der Waals surface area contributed by atoms with Gasteiger partial charge in [0.25, 0.3) is 0 Å². The number of carbonyl (C=O) groups is 1. The molecule has 0 amide bonds. The van der Waals surface area contributed by atoms with Crippen molar-refractivity contribution in [1.29, 1.82) is 0 Å². The molecule has 0 bridgehead atoms. The first kappa shape index (κ1) is 11.9. The minimum Gasteiger partial charge on any atom is -0.497 e. The Kier molecular flexibility index (Phi) is 3.25. The summed E-state index contributed by atoms with van der Waals surface area (Å²) < 4.78 is 5.03. The van der Waals surface area contributed by atoms with E-state index in [1.807, 2.05) is 0 Å². The molecule has 15 heavy (non-hydrogen) atoms. The maximum absolute atomic E-state index is 11.0. The van der Waals surface area contributed by atoms with Crippen molar-refractivity contribution in [3.63, 3.8) is 0 Å². The fourth-order valence-electron chi connectivity index (χ4n) is 1.16. The summed E-state index contributed by atoms with van der Waals surface area (Å²) >= 11 is 5.87. The van der Waals surface area contributed by atoms with Crippen LogP contribution < -0.4 is 4.74 Å². The Bertz CT molecular complexity index is 385. The number of hydrogen-bond donors (Lipinski definition) is 1. The molecule has 0 saturated carbocycles. The largest absolute Gasteiger partial charge is 0.497 e. The summed E-state index contributed by atoms with van der Waals surface area (Å²) in [5.74, 6) is -0.335. The zero-order valence-electron chi connectivity index (χ0n) is 8.87. The highest BCUT2D eigenvalue weighted by Gasteiger charge is 2.30. The molecule has 0 radical (unpaired) electrons. The Hall–Kier alpha value is -1.22. The van der Waals surface area contributed by atoms with Gasteiger partial charge in [-0.2, -0.15) is 0 Å². The lowest BCUT2D eigenvalue weighted by Crippen LogP contribution is -2.28. The van der Waals surface area contributed by atoms with E-state index in [-0.39, 0.29) is 0 Å². The summed E-state index contributed by atoms with van der Waals surface area (Å²) in [7, 11) is 1.52. The molecule has 0 aromatic heterocycles. The van der Waals surface area contributed by atoms with E-state index in [1.54, 1.807) is 32.0 Å². The SMILES string of the molecule is COc1cc(Cl)cc(C(C)(C)C(=O)O)c1. The van der Waals surface area contributed by atoms with Crippen LogP contribution in [0, 0.1) is 0 Å². The molecule has 1 aromatic carbocycles. The van der Waals surface area contributed by atoms with Gasteiger partial charge in [0.2, 0.25) is 0 Å². The van der Waals surface area contributed by atoms with Gasteiger partial charge in [-0.25, -0.2) is 0 Å². The molecule has 0 aliphatic rings. The zero-order chi connectivity index (χ0) is 11.6. The van der Waals surface area contributed by atoms with Gasteiger partial charge >= 0.3 is 5.97 Å². The highest BCUT2D eigenvalue weighted by molar-refractivity contribution is 6.30. The molecule has 1 rings (SSSR count). The third-order valence-corrected chi connectivity index (χ3v) is 2.58. The highest BCUT2D eigenvalue weighted by Crippen LogP contribution is 2.30. The van der Waals surface area contributed by atoms with Crippen LogP contribution in [0.25, 0.3) is 0 Å². The van der Waals surface area contributed by atoms with Crippen molar-refractivity contribution < 1.29 is 14.6 Å². The fourth-order valence-corrected chi connectivity index (χ4v) is 1.39. The number of ether oxygens (including phenoxy) is 1. The number of hydrogen-bond acceptors (Lipinski definition) is 2. The molecule has 0 aliphatic heterocycles. The number of halogens is 1. The summed E-state index contributed by atoms with van der Waals surface area (Å²) in [5, 5.41) is 9.54. The van der Waals surface area contributed by atoms with Crippen LogP contribution in [0.2, 0.25) is 5.02 Å². The molecule has 0 unspecified atom stereocenters. The Morgan fingerprint density at radius 1 is 1.40 bits per heavy atom. The molecular formula is C11H13ClO3. The molecule has 0 aliphatic carbocycles. The second kappa shape index (κ2) is 4.11. The minimum absolute atomic E-state index is 0.471. The molecule has 0 fully saturated rings. The summed E-state index contributed by atoms with van der Waals surface area (Å²) in [6, 6.07) is 4.96. The van der Waals surface area contributed by atoms with E-state index in [1.165, 1.54) is 7.11 Å². The van der Waals surface area contributed by atoms with E-state index in [9.17, 15) is 4.79 Å². The molecule has 1 N–H and O–H groups in total. The Labute approximate surface area is 93.6 Å².